The van der Waals surface area contributed by atoms with Crippen LogP contribution in [0.25, 0.3) is 11.0 Å². The molecule has 0 aliphatic heterocycles. The molecule has 2 N–H and O–H groups in total. The number of hydrogen-bond acceptors (Lipinski definition) is 2. The van der Waals surface area contributed by atoms with E-state index in [0.717, 1.165) is 15.8 Å². The molecular formula is C9H8BrN3O. The predicted molar refractivity (Wildman–Crippen MR) is 56.9 cm³/mol. The maximum absolute atomic E-state index is 10.9. The Morgan fingerprint density at radius 1 is 1.57 bits per heavy atom. The molecule has 0 aliphatic rings. The van der Waals surface area contributed by atoms with E-state index in [9.17, 15) is 4.79 Å². The molecule has 1 amide bonds. The highest BCUT2D eigenvalue weighted by molar-refractivity contribution is 9.10. The Morgan fingerprint density at radius 2 is 2.29 bits per heavy atom. The number of benzene rings is 1. The summed E-state index contributed by atoms with van der Waals surface area (Å²) in [7, 11) is 1.89. The maximum Gasteiger partial charge on any atom is 0.248 e. The van der Waals surface area contributed by atoms with Gasteiger partial charge in [0.15, 0.2) is 4.73 Å². The fourth-order valence-corrected chi connectivity index (χ4v) is 1.71. The molecule has 0 spiro atoms. The first-order valence-electron chi connectivity index (χ1n) is 4.01. The number of primary amides is 1. The Morgan fingerprint density at radius 3 is 2.93 bits per heavy atom. The lowest BCUT2D eigenvalue weighted by atomic mass is 10.2. The Hall–Kier alpha value is -1.36. The first-order chi connectivity index (χ1) is 6.59. The largest absolute Gasteiger partial charge is 0.366 e. The predicted octanol–water partition coefficient (Wildman–Crippen LogP) is 1.43. The van der Waals surface area contributed by atoms with Crippen molar-refractivity contribution in [2.75, 3.05) is 0 Å². The summed E-state index contributed by atoms with van der Waals surface area (Å²) in [6.45, 7) is 0. The number of fused-ring (bicyclic) bond motifs is 1. The van der Waals surface area contributed by atoms with Crippen molar-refractivity contribution in [3.05, 3.63) is 28.5 Å². The van der Waals surface area contributed by atoms with Crippen LogP contribution in [0.1, 0.15) is 10.4 Å². The fourth-order valence-electron chi connectivity index (χ4n) is 1.32. The molecule has 1 aromatic heterocycles. The number of rotatable bonds is 1. The van der Waals surface area contributed by atoms with E-state index in [1.54, 1.807) is 12.1 Å². The summed E-state index contributed by atoms with van der Waals surface area (Å²) >= 11 is 3.31. The van der Waals surface area contributed by atoms with Crippen molar-refractivity contribution in [3.63, 3.8) is 0 Å². The van der Waals surface area contributed by atoms with E-state index >= 15 is 0 Å². The van der Waals surface area contributed by atoms with Gasteiger partial charge in [-0.05, 0) is 34.1 Å². The van der Waals surface area contributed by atoms with Gasteiger partial charge in [-0.1, -0.05) is 0 Å². The minimum absolute atomic E-state index is 0.436. The normalized spacial score (nSPS) is 10.7. The molecule has 5 heteroatoms. The zero-order chi connectivity index (χ0) is 10.3. The summed E-state index contributed by atoms with van der Waals surface area (Å²) < 4.78 is 2.62. The van der Waals surface area contributed by atoms with Gasteiger partial charge in [0.25, 0.3) is 0 Å². The molecule has 2 rings (SSSR count). The number of amides is 1. The third-order valence-electron chi connectivity index (χ3n) is 2.11. The summed E-state index contributed by atoms with van der Waals surface area (Å²) in [6, 6.07) is 5.20. The Labute approximate surface area is 88.9 Å². The average molecular weight is 254 g/mol. The number of imidazole rings is 1. The van der Waals surface area contributed by atoms with E-state index < -0.39 is 5.91 Å². The Balaban J connectivity index is 2.73. The second kappa shape index (κ2) is 3.09. The summed E-state index contributed by atoms with van der Waals surface area (Å²) in [5.41, 5.74) is 7.36. The molecule has 1 heterocycles. The summed E-state index contributed by atoms with van der Waals surface area (Å²) in [6.07, 6.45) is 0. The molecule has 0 fully saturated rings. The Bertz CT molecular complexity index is 518. The number of hydrogen-bond donors (Lipinski definition) is 1. The lowest BCUT2D eigenvalue weighted by molar-refractivity contribution is 0.100. The smallest absolute Gasteiger partial charge is 0.248 e. The van der Waals surface area contributed by atoms with Gasteiger partial charge in [0.2, 0.25) is 5.91 Å². The van der Waals surface area contributed by atoms with Gasteiger partial charge < -0.3 is 10.3 Å². The number of halogens is 1. The van der Waals surface area contributed by atoms with Crippen molar-refractivity contribution in [2.45, 2.75) is 0 Å². The quantitative estimate of drug-likeness (QED) is 0.836. The highest BCUT2D eigenvalue weighted by atomic mass is 79.9. The third-order valence-corrected chi connectivity index (χ3v) is 2.82. The van der Waals surface area contributed by atoms with Crippen LogP contribution in [-0.2, 0) is 7.05 Å². The van der Waals surface area contributed by atoms with Crippen LogP contribution >= 0.6 is 15.9 Å². The zero-order valence-electron chi connectivity index (χ0n) is 7.49. The standard InChI is InChI=1S/C9H8BrN3O/c1-13-7-3-2-5(8(11)14)4-6(7)12-9(13)10/h2-4H,1H3,(H2,11,14). The van der Waals surface area contributed by atoms with E-state index in [4.69, 9.17) is 5.73 Å². The maximum atomic E-state index is 10.9. The number of aryl methyl sites for hydroxylation is 1. The van der Waals surface area contributed by atoms with E-state index in [1.807, 2.05) is 17.7 Å². The lowest BCUT2D eigenvalue weighted by Gasteiger charge is -1.96. The van der Waals surface area contributed by atoms with Gasteiger partial charge in [-0.3, -0.25) is 4.79 Å². The highest BCUT2D eigenvalue weighted by Crippen LogP contribution is 2.19. The van der Waals surface area contributed by atoms with Crippen LogP contribution in [0, 0.1) is 0 Å². The molecule has 0 radical (unpaired) electrons. The van der Waals surface area contributed by atoms with Crippen LogP contribution in [0.5, 0.6) is 0 Å². The minimum Gasteiger partial charge on any atom is -0.366 e. The van der Waals surface area contributed by atoms with E-state index in [2.05, 4.69) is 20.9 Å². The monoisotopic (exact) mass is 253 g/mol. The van der Waals surface area contributed by atoms with E-state index in [1.165, 1.54) is 0 Å². The topological polar surface area (TPSA) is 60.9 Å². The molecule has 0 bridgehead atoms. The van der Waals surface area contributed by atoms with Crippen molar-refractivity contribution < 1.29 is 4.79 Å². The number of carbonyl (C=O) groups excluding carboxylic acids is 1. The van der Waals surface area contributed by atoms with Gasteiger partial charge in [-0.15, -0.1) is 0 Å². The summed E-state index contributed by atoms with van der Waals surface area (Å²) in [4.78, 5) is 15.1. The average Bonchev–Trinajstić information content (AvgIpc) is 2.42. The van der Waals surface area contributed by atoms with Crippen molar-refractivity contribution in [3.8, 4) is 0 Å². The first-order valence-corrected chi connectivity index (χ1v) is 4.80. The highest BCUT2D eigenvalue weighted by Gasteiger charge is 2.07. The summed E-state index contributed by atoms with van der Waals surface area (Å²) in [5, 5.41) is 0. The molecule has 72 valence electrons. The molecule has 0 saturated heterocycles. The number of nitrogens with zero attached hydrogens (tertiary/aromatic N) is 2. The van der Waals surface area contributed by atoms with Crippen LogP contribution in [0.15, 0.2) is 22.9 Å². The third kappa shape index (κ3) is 1.29. The van der Waals surface area contributed by atoms with Crippen LogP contribution in [0.4, 0.5) is 0 Å². The fraction of sp³-hybridized carbons (Fsp3) is 0.111. The Kier molecular flexibility index (Phi) is 2.03. The first kappa shape index (κ1) is 9.21. The van der Waals surface area contributed by atoms with Gasteiger partial charge in [-0.25, -0.2) is 4.98 Å². The zero-order valence-corrected chi connectivity index (χ0v) is 9.08. The summed E-state index contributed by atoms with van der Waals surface area (Å²) in [5.74, 6) is -0.436. The van der Waals surface area contributed by atoms with Crippen LogP contribution in [0.3, 0.4) is 0 Å². The molecule has 0 aliphatic carbocycles. The van der Waals surface area contributed by atoms with E-state index in [0.29, 0.717) is 5.56 Å². The molecule has 0 saturated carbocycles. The van der Waals surface area contributed by atoms with Crippen molar-refractivity contribution in [1.29, 1.82) is 0 Å². The molecule has 2 aromatic rings. The molecule has 14 heavy (non-hydrogen) atoms. The van der Waals surface area contributed by atoms with Crippen molar-refractivity contribution >= 4 is 32.9 Å². The number of nitrogens with two attached hydrogens (primary N) is 1. The van der Waals surface area contributed by atoms with E-state index in [-0.39, 0.29) is 0 Å². The van der Waals surface area contributed by atoms with Gasteiger partial charge in [-0.2, -0.15) is 0 Å². The van der Waals surface area contributed by atoms with Gasteiger partial charge in [0.1, 0.15) is 0 Å². The van der Waals surface area contributed by atoms with Gasteiger partial charge >= 0.3 is 0 Å². The molecule has 4 nitrogen and oxygen atoms in total. The SMILES string of the molecule is Cn1c(Br)nc2cc(C(N)=O)ccc21. The molecule has 0 atom stereocenters. The number of carbonyl (C=O) groups is 1. The van der Waals surface area contributed by atoms with Crippen LogP contribution in [-0.4, -0.2) is 15.5 Å². The second-order valence-electron chi connectivity index (χ2n) is 3.01. The van der Waals surface area contributed by atoms with Crippen LogP contribution in [0.2, 0.25) is 0 Å². The van der Waals surface area contributed by atoms with Gasteiger partial charge in [0, 0.05) is 12.6 Å². The molecule has 0 unspecified atom stereocenters. The minimum atomic E-state index is -0.436. The second-order valence-corrected chi connectivity index (χ2v) is 3.72. The number of aromatic nitrogens is 2. The molecular weight excluding hydrogens is 246 g/mol. The van der Waals surface area contributed by atoms with Crippen LogP contribution < -0.4 is 5.73 Å². The van der Waals surface area contributed by atoms with Gasteiger partial charge in [0.05, 0.1) is 11.0 Å². The van der Waals surface area contributed by atoms with Crippen molar-refractivity contribution in [1.82, 2.24) is 9.55 Å². The van der Waals surface area contributed by atoms with Crippen molar-refractivity contribution in [2.24, 2.45) is 12.8 Å². The lowest BCUT2D eigenvalue weighted by Crippen LogP contribution is -2.10. The molecule has 1 aromatic carbocycles.